The molecule has 1 aliphatic rings. The minimum Gasteiger partial charge on any atom is -0.356 e. The number of ether oxygens (including phenoxy) is 1. The highest BCUT2D eigenvalue weighted by atomic mass is 19.4. The molecule has 1 fully saturated rings. The first-order chi connectivity index (χ1) is 17.3. The molecule has 10 nitrogen and oxygen atoms in total. The molecule has 1 aliphatic heterocycles. The molecule has 0 aromatic heterocycles. The lowest BCUT2D eigenvalue weighted by molar-refractivity contribution is -0.321. The highest BCUT2D eigenvalue weighted by molar-refractivity contribution is 5.91. The molecule has 2 atom stereocenters. The highest BCUT2D eigenvalue weighted by Gasteiger charge is 2.34. The fourth-order valence-electron chi connectivity index (χ4n) is 2.81. The van der Waals surface area contributed by atoms with E-state index in [1.54, 1.807) is 12.1 Å². The van der Waals surface area contributed by atoms with E-state index in [9.17, 15) is 41.5 Å². The van der Waals surface area contributed by atoms with E-state index in [-0.39, 0.29) is 30.3 Å². The number of hydrogen-bond acceptors (Lipinski definition) is 6. The number of rotatable bonds is 10. The van der Waals surface area contributed by atoms with Crippen LogP contribution in [-0.2, 0) is 28.7 Å². The van der Waals surface area contributed by atoms with E-state index in [1.165, 1.54) is 25.5 Å². The monoisotopic (exact) mass is 536 g/mol. The van der Waals surface area contributed by atoms with Gasteiger partial charge in [-0.3, -0.25) is 28.7 Å². The Morgan fingerprint density at radius 1 is 1.22 bits per heavy atom. The van der Waals surface area contributed by atoms with E-state index in [0.717, 1.165) is 0 Å². The molecule has 37 heavy (non-hydrogen) atoms. The van der Waals surface area contributed by atoms with Crippen LogP contribution in [0.1, 0.15) is 40.0 Å². The van der Waals surface area contributed by atoms with Crippen molar-refractivity contribution in [2.24, 2.45) is 5.92 Å². The van der Waals surface area contributed by atoms with Gasteiger partial charge in [0.25, 0.3) is 0 Å². The first kappa shape index (κ1) is 33.4. The second-order valence-corrected chi connectivity index (χ2v) is 7.70. The topological polar surface area (TPSA) is 143 Å². The smallest absolute Gasteiger partial charge is 0.356 e. The van der Waals surface area contributed by atoms with Crippen LogP contribution in [0.5, 0.6) is 0 Å². The molecule has 2 unspecified atom stereocenters. The summed E-state index contributed by atoms with van der Waals surface area (Å²) in [7, 11) is 0. The molecule has 208 valence electrons. The van der Waals surface area contributed by atoms with Crippen molar-refractivity contribution in [3.8, 4) is 0 Å². The molecule has 4 amide bonds. The van der Waals surface area contributed by atoms with Gasteiger partial charge in [-0.2, -0.15) is 0 Å². The lowest BCUT2D eigenvalue weighted by atomic mass is 9.96. The zero-order chi connectivity index (χ0) is 28.4. The van der Waals surface area contributed by atoms with Crippen molar-refractivity contribution in [3.63, 3.8) is 0 Å². The molecule has 0 radical (unpaired) electrons. The number of benzene rings is 1. The van der Waals surface area contributed by atoms with Crippen LogP contribution in [0.2, 0.25) is 0 Å². The van der Waals surface area contributed by atoms with Crippen LogP contribution in [0.25, 0.3) is 0 Å². The third kappa shape index (κ3) is 15.9. The van der Waals surface area contributed by atoms with Gasteiger partial charge < -0.3 is 21.3 Å². The fraction of sp³-hybridized carbons (Fsp3) is 0.522. The number of carbonyl (C=O) groups excluding carboxylic acids is 5. The average Bonchev–Trinajstić information content (AvgIpc) is 3.21. The molecule has 14 heteroatoms. The van der Waals surface area contributed by atoms with E-state index in [1.807, 2.05) is 0 Å². The standard InChI is InChI=1S/C12H16F3N3O5.C8H8FNO.C3H8/c13-12(14,15)23-5-9(20)8(18-10(21)4-16-6-19)3-7-1-2-17-11(7)22;1-6(11)10-8-5-3-2-4-7(8)9;1-3-2/h6-8H,1-5H2,(H,16,19)(H,17,22)(H,18,21);2-5H,1H3,(H,10,11);3H2,1-2H3. The van der Waals surface area contributed by atoms with Crippen molar-refractivity contribution in [2.45, 2.75) is 52.4 Å². The predicted octanol–water partition coefficient (Wildman–Crippen LogP) is 2.05. The van der Waals surface area contributed by atoms with Crippen LogP contribution >= 0.6 is 0 Å². The maximum Gasteiger partial charge on any atom is 0.522 e. The zero-order valence-electron chi connectivity index (χ0n) is 20.7. The van der Waals surface area contributed by atoms with E-state index >= 15 is 0 Å². The number of Topliss-reactive ketones (excluding diaryl/α,β-unsaturated/α-hetero) is 1. The number of amides is 4. The molecule has 1 saturated heterocycles. The molecule has 1 aromatic carbocycles. The Hall–Kier alpha value is -3.55. The first-order valence-electron chi connectivity index (χ1n) is 11.3. The number of alkyl halides is 3. The summed E-state index contributed by atoms with van der Waals surface area (Å²) in [6.07, 6.45) is -3.20. The maximum absolute atomic E-state index is 12.7. The van der Waals surface area contributed by atoms with Gasteiger partial charge in [-0.15, -0.1) is 13.2 Å². The molecule has 0 saturated carbocycles. The zero-order valence-corrected chi connectivity index (χ0v) is 20.7. The Labute approximate surface area is 211 Å². The molecule has 2 rings (SSSR count). The summed E-state index contributed by atoms with van der Waals surface area (Å²) in [5, 5.41) is 9.14. The minimum absolute atomic E-state index is 0.140. The fourth-order valence-corrected chi connectivity index (χ4v) is 2.81. The Kier molecular flexibility index (Phi) is 16.1. The van der Waals surface area contributed by atoms with Gasteiger partial charge in [0.1, 0.15) is 12.4 Å². The van der Waals surface area contributed by atoms with E-state index in [4.69, 9.17) is 0 Å². The molecule has 1 heterocycles. The van der Waals surface area contributed by atoms with Crippen molar-refractivity contribution >= 4 is 35.6 Å². The number of anilines is 1. The van der Waals surface area contributed by atoms with Crippen LogP contribution in [0.4, 0.5) is 23.2 Å². The Bertz CT molecular complexity index is 898. The van der Waals surface area contributed by atoms with Crippen LogP contribution in [0.3, 0.4) is 0 Å². The van der Waals surface area contributed by atoms with Crippen molar-refractivity contribution in [1.82, 2.24) is 16.0 Å². The molecular formula is C23H32F4N4O6. The predicted molar refractivity (Wildman–Crippen MR) is 125 cm³/mol. The van der Waals surface area contributed by atoms with Gasteiger partial charge in [0.15, 0.2) is 5.78 Å². The molecule has 4 N–H and O–H groups in total. The number of hydrogen-bond donors (Lipinski definition) is 4. The molecule has 1 aromatic rings. The minimum atomic E-state index is -4.98. The Morgan fingerprint density at radius 3 is 2.32 bits per heavy atom. The van der Waals surface area contributed by atoms with Gasteiger partial charge in [-0.1, -0.05) is 32.4 Å². The van der Waals surface area contributed by atoms with E-state index in [0.29, 0.717) is 13.0 Å². The second-order valence-electron chi connectivity index (χ2n) is 7.70. The molecule has 0 aliphatic carbocycles. The third-order valence-corrected chi connectivity index (χ3v) is 4.32. The summed E-state index contributed by atoms with van der Waals surface area (Å²) in [6, 6.07) is 4.73. The van der Waals surface area contributed by atoms with Crippen molar-refractivity contribution in [1.29, 1.82) is 0 Å². The Morgan fingerprint density at radius 2 is 1.84 bits per heavy atom. The van der Waals surface area contributed by atoms with Gasteiger partial charge >= 0.3 is 6.36 Å². The summed E-state index contributed by atoms with van der Waals surface area (Å²) in [5.41, 5.74) is 0.222. The number of carbonyl (C=O) groups is 5. The lowest BCUT2D eigenvalue weighted by Gasteiger charge is -2.20. The van der Waals surface area contributed by atoms with Gasteiger partial charge in [0.05, 0.1) is 18.3 Å². The lowest BCUT2D eigenvalue weighted by Crippen LogP contribution is -2.47. The molecule has 0 bridgehead atoms. The van der Waals surface area contributed by atoms with Gasteiger partial charge in [0.2, 0.25) is 24.1 Å². The van der Waals surface area contributed by atoms with Crippen molar-refractivity contribution in [2.75, 3.05) is 25.0 Å². The quantitative estimate of drug-likeness (QED) is 0.266. The SMILES string of the molecule is CC(=O)Nc1ccccc1F.CCC.O=CNCC(=O)NC(CC1CCNC1=O)C(=O)COC(F)(F)F. The van der Waals surface area contributed by atoms with Crippen molar-refractivity contribution in [3.05, 3.63) is 30.1 Å². The largest absolute Gasteiger partial charge is 0.522 e. The summed E-state index contributed by atoms with van der Waals surface area (Å²) >= 11 is 0. The number of ketones is 1. The van der Waals surface area contributed by atoms with Crippen LogP contribution in [0, 0.1) is 11.7 Å². The third-order valence-electron chi connectivity index (χ3n) is 4.32. The van der Waals surface area contributed by atoms with Crippen LogP contribution in [0.15, 0.2) is 24.3 Å². The molecular weight excluding hydrogens is 504 g/mol. The van der Waals surface area contributed by atoms with E-state index in [2.05, 4.69) is 39.9 Å². The normalized spacial score (nSPS) is 15.0. The number of halogens is 4. The average molecular weight is 537 g/mol. The van der Waals surface area contributed by atoms with Crippen LogP contribution < -0.4 is 21.3 Å². The number of nitrogens with one attached hydrogen (secondary N) is 4. The van der Waals surface area contributed by atoms with Crippen LogP contribution in [-0.4, -0.2) is 62.0 Å². The molecule has 0 spiro atoms. The number of para-hydroxylation sites is 1. The highest BCUT2D eigenvalue weighted by Crippen LogP contribution is 2.19. The summed E-state index contributed by atoms with van der Waals surface area (Å²) in [4.78, 5) is 55.5. The summed E-state index contributed by atoms with van der Waals surface area (Å²) in [6.45, 7) is 4.27. The Balaban J connectivity index is 0.000000765. The van der Waals surface area contributed by atoms with Gasteiger partial charge in [-0.25, -0.2) is 4.39 Å². The summed E-state index contributed by atoms with van der Waals surface area (Å²) < 4.78 is 52.2. The summed E-state index contributed by atoms with van der Waals surface area (Å²) in [5.74, 6) is -3.38. The van der Waals surface area contributed by atoms with Gasteiger partial charge in [0, 0.05) is 19.4 Å². The van der Waals surface area contributed by atoms with Crippen molar-refractivity contribution < 1.29 is 46.3 Å². The van der Waals surface area contributed by atoms with Gasteiger partial charge in [-0.05, 0) is 25.0 Å². The first-order valence-corrected chi connectivity index (χ1v) is 11.3. The van der Waals surface area contributed by atoms with E-state index < -0.39 is 49.0 Å². The maximum atomic E-state index is 12.7. The second kappa shape index (κ2) is 17.8.